The number of carbonyl (C=O) groups is 2. The average Bonchev–Trinajstić information content (AvgIpc) is 3.39. The van der Waals surface area contributed by atoms with Crippen molar-refractivity contribution in [3.05, 3.63) is 52.1 Å². The van der Waals surface area contributed by atoms with Crippen LogP contribution in [-0.4, -0.2) is 28.0 Å². The highest BCUT2D eigenvalue weighted by Gasteiger charge is 2.67. The SMILES string of the molecule is O=C1[C@@H]2[C@@H]3C=C[C@H]([C@@H]4C[C@H]34)[C@H]2C(=O)N1/N=C\c1ccc([N+](=O)[O-])cc1. The Morgan fingerprint density at radius 3 is 2.12 bits per heavy atom. The Balaban J connectivity index is 1.39. The lowest BCUT2D eigenvalue weighted by atomic mass is 9.63. The standard InChI is InChI=1S/C18H15N3O4/c22-17-15-11-5-6-12(14-7-13(11)14)16(15)18(23)20(17)19-8-9-1-3-10(4-2-9)21(24)25/h1-6,8,11-16H,7H2/b19-8-/t11-,12-,13-,14+,15-,16-/m1/s1. The first-order chi connectivity index (χ1) is 12.1. The molecule has 6 atom stereocenters. The summed E-state index contributed by atoms with van der Waals surface area (Å²) in [6.07, 6.45) is 6.78. The fourth-order valence-electron chi connectivity index (χ4n) is 4.86. The number of rotatable bonds is 3. The lowest BCUT2D eigenvalue weighted by Gasteiger charge is -2.37. The number of carbonyl (C=O) groups excluding carboxylic acids is 2. The number of hydrogen-bond acceptors (Lipinski definition) is 5. The van der Waals surface area contributed by atoms with Gasteiger partial charge < -0.3 is 0 Å². The zero-order chi connectivity index (χ0) is 17.3. The highest BCUT2D eigenvalue weighted by molar-refractivity contribution is 6.06. The van der Waals surface area contributed by atoms with Gasteiger partial charge in [-0.2, -0.15) is 10.1 Å². The van der Waals surface area contributed by atoms with E-state index >= 15 is 0 Å². The Morgan fingerprint density at radius 2 is 1.60 bits per heavy atom. The predicted molar refractivity (Wildman–Crippen MR) is 87.2 cm³/mol. The summed E-state index contributed by atoms with van der Waals surface area (Å²) in [5.41, 5.74) is 0.586. The van der Waals surface area contributed by atoms with E-state index in [1.54, 1.807) is 12.1 Å². The van der Waals surface area contributed by atoms with Crippen molar-refractivity contribution in [2.24, 2.45) is 40.6 Å². The molecule has 0 unspecified atom stereocenters. The average molecular weight is 337 g/mol. The molecule has 126 valence electrons. The molecule has 2 amide bonds. The van der Waals surface area contributed by atoms with Gasteiger partial charge in [0, 0.05) is 12.1 Å². The second kappa shape index (κ2) is 4.84. The van der Waals surface area contributed by atoms with Crippen LogP contribution in [-0.2, 0) is 9.59 Å². The maximum absolute atomic E-state index is 12.7. The molecule has 1 aromatic carbocycles. The topological polar surface area (TPSA) is 92.9 Å². The molecule has 4 aliphatic carbocycles. The van der Waals surface area contributed by atoms with Gasteiger partial charge in [-0.1, -0.05) is 12.2 Å². The molecule has 1 saturated heterocycles. The molecule has 1 heterocycles. The number of hydrogen-bond donors (Lipinski definition) is 0. The van der Waals surface area contributed by atoms with E-state index < -0.39 is 4.92 Å². The van der Waals surface area contributed by atoms with Crippen LogP contribution in [0.4, 0.5) is 5.69 Å². The van der Waals surface area contributed by atoms with Gasteiger partial charge in [0.15, 0.2) is 0 Å². The molecule has 3 fully saturated rings. The number of hydrazone groups is 1. The molecule has 0 radical (unpaired) electrons. The van der Waals surface area contributed by atoms with Gasteiger partial charge in [-0.05, 0) is 47.8 Å². The first-order valence-corrected chi connectivity index (χ1v) is 8.41. The van der Waals surface area contributed by atoms with Gasteiger partial charge in [0.1, 0.15) is 0 Å². The first kappa shape index (κ1) is 14.5. The third-order valence-corrected chi connectivity index (χ3v) is 6.07. The molecule has 1 aliphatic heterocycles. The van der Waals surface area contributed by atoms with Crippen molar-refractivity contribution >= 4 is 23.7 Å². The van der Waals surface area contributed by atoms with E-state index in [1.165, 1.54) is 18.3 Å². The van der Waals surface area contributed by atoms with Crippen LogP contribution in [0.3, 0.4) is 0 Å². The number of nitro benzene ring substituents is 1. The molecule has 2 bridgehead atoms. The van der Waals surface area contributed by atoms with E-state index in [-0.39, 0.29) is 41.2 Å². The molecule has 7 nitrogen and oxygen atoms in total. The fourth-order valence-corrected chi connectivity index (χ4v) is 4.86. The Hall–Kier alpha value is -2.83. The predicted octanol–water partition coefficient (Wildman–Crippen LogP) is 1.98. The van der Waals surface area contributed by atoms with Crippen LogP contribution in [0.25, 0.3) is 0 Å². The van der Waals surface area contributed by atoms with Crippen LogP contribution >= 0.6 is 0 Å². The van der Waals surface area contributed by atoms with Crippen LogP contribution < -0.4 is 0 Å². The van der Waals surface area contributed by atoms with Crippen molar-refractivity contribution in [2.45, 2.75) is 6.42 Å². The number of nitrogens with zero attached hydrogens (tertiary/aromatic N) is 3. The smallest absolute Gasteiger partial charge is 0.269 e. The fraction of sp³-hybridized carbons (Fsp3) is 0.389. The summed E-state index contributed by atoms with van der Waals surface area (Å²) >= 11 is 0. The third kappa shape index (κ3) is 1.95. The summed E-state index contributed by atoms with van der Waals surface area (Å²) < 4.78 is 0. The molecule has 2 saturated carbocycles. The summed E-state index contributed by atoms with van der Waals surface area (Å²) in [7, 11) is 0. The molecule has 5 aliphatic rings. The van der Waals surface area contributed by atoms with Gasteiger partial charge in [0.05, 0.1) is 23.0 Å². The van der Waals surface area contributed by atoms with Crippen LogP contribution in [0.15, 0.2) is 41.5 Å². The van der Waals surface area contributed by atoms with Gasteiger partial charge in [0.25, 0.3) is 17.5 Å². The Kier molecular flexibility index (Phi) is 2.81. The Labute approximate surface area is 143 Å². The second-order valence-electron chi connectivity index (χ2n) is 7.24. The molecule has 25 heavy (non-hydrogen) atoms. The number of allylic oxidation sites excluding steroid dienone is 2. The van der Waals surface area contributed by atoms with Crippen LogP contribution in [0.2, 0.25) is 0 Å². The maximum atomic E-state index is 12.7. The van der Waals surface area contributed by atoms with Gasteiger partial charge in [-0.25, -0.2) is 0 Å². The van der Waals surface area contributed by atoms with Crippen molar-refractivity contribution in [3.63, 3.8) is 0 Å². The van der Waals surface area contributed by atoms with Crippen molar-refractivity contribution in [1.82, 2.24) is 5.01 Å². The molecular weight excluding hydrogens is 322 g/mol. The zero-order valence-electron chi connectivity index (χ0n) is 13.2. The first-order valence-electron chi connectivity index (χ1n) is 8.41. The summed E-state index contributed by atoms with van der Waals surface area (Å²) in [5, 5.41) is 15.8. The van der Waals surface area contributed by atoms with Crippen molar-refractivity contribution in [1.29, 1.82) is 0 Å². The highest BCUT2D eigenvalue weighted by atomic mass is 16.6. The van der Waals surface area contributed by atoms with Gasteiger partial charge in [0.2, 0.25) is 0 Å². The largest absolute Gasteiger partial charge is 0.272 e. The summed E-state index contributed by atoms with van der Waals surface area (Å²) in [5.74, 6) is 0.529. The summed E-state index contributed by atoms with van der Waals surface area (Å²) in [4.78, 5) is 35.7. The summed E-state index contributed by atoms with van der Waals surface area (Å²) in [6.45, 7) is 0. The molecule has 6 rings (SSSR count). The van der Waals surface area contributed by atoms with Gasteiger partial charge in [-0.15, -0.1) is 0 Å². The van der Waals surface area contributed by atoms with Crippen LogP contribution in [0, 0.1) is 45.6 Å². The van der Waals surface area contributed by atoms with E-state index in [9.17, 15) is 19.7 Å². The molecule has 1 aromatic rings. The van der Waals surface area contributed by atoms with E-state index in [4.69, 9.17) is 0 Å². The van der Waals surface area contributed by atoms with Crippen LogP contribution in [0.5, 0.6) is 0 Å². The molecule has 0 aromatic heterocycles. The number of imide groups is 1. The Bertz CT molecular complexity index is 824. The Morgan fingerprint density at radius 1 is 1.04 bits per heavy atom. The van der Waals surface area contributed by atoms with E-state index in [0.29, 0.717) is 17.4 Å². The normalized spacial score (nSPS) is 37.5. The monoisotopic (exact) mass is 337 g/mol. The van der Waals surface area contributed by atoms with Gasteiger partial charge >= 0.3 is 0 Å². The minimum atomic E-state index is -0.479. The van der Waals surface area contributed by atoms with E-state index in [1.807, 2.05) is 0 Å². The number of amides is 2. The number of benzene rings is 1. The number of nitro groups is 1. The highest BCUT2D eigenvalue weighted by Crippen LogP contribution is 2.65. The molecule has 0 spiro atoms. The lowest BCUT2D eigenvalue weighted by molar-refractivity contribution is -0.384. The second-order valence-corrected chi connectivity index (χ2v) is 7.24. The lowest BCUT2D eigenvalue weighted by Crippen LogP contribution is -2.40. The molecule has 7 heteroatoms. The molecular formula is C18H15N3O4. The maximum Gasteiger partial charge on any atom is 0.269 e. The van der Waals surface area contributed by atoms with Gasteiger partial charge in [-0.3, -0.25) is 19.7 Å². The van der Waals surface area contributed by atoms with Crippen molar-refractivity contribution in [3.8, 4) is 0 Å². The number of non-ortho nitro benzene ring substituents is 1. The molecule has 0 N–H and O–H groups in total. The summed E-state index contributed by atoms with van der Waals surface area (Å²) in [6, 6.07) is 5.82. The van der Waals surface area contributed by atoms with Crippen molar-refractivity contribution in [2.75, 3.05) is 0 Å². The minimum Gasteiger partial charge on any atom is -0.272 e. The third-order valence-electron chi connectivity index (χ3n) is 6.07. The van der Waals surface area contributed by atoms with Crippen LogP contribution in [0.1, 0.15) is 12.0 Å². The quantitative estimate of drug-likeness (QED) is 0.277. The van der Waals surface area contributed by atoms with Crippen molar-refractivity contribution < 1.29 is 14.5 Å². The zero-order valence-corrected chi connectivity index (χ0v) is 13.2. The van der Waals surface area contributed by atoms with E-state index in [0.717, 1.165) is 11.4 Å². The van der Waals surface area contributed by atoms with E-state index in [2.05, 4.69) is 17.3 Å². The minimum absolute atomic E-state index is 0.0154.